The maximum absolute atomic E-state index is 12.4. The van der Waals surface area contributed by atoms with Crippen molar-refractivity contribution in [2.45, 2.75) is 32.9 Å². The van der Waals surface area contributed by atoms with Crippen LogP contribution in [0.5, 0.6) is 0 Å². The van der Waals surface area contributed by atoms with Crippen molar-refractivity contribution in [2.75, 3.05) is 5.32 Å². The number of carboxylic acid groups (broad SMARTS) is 1. The van der Waals surface area contributed by atoms with Gasteiger partial charge in [0.25, 0.3) is 5.56 Å². The normalized spacial score (nSPS) is 10.5. The second kappa shape index (κ2) is 8.09. The van der Waals surface area contributed by atoms with Gasteiger partial charge in [0.1, 0.15) is 24.7 Å². The van der Waals surface area contributed by atoms with Gasteiger partial charge in [-0.15, -0.1) is 0 Å². The third kappa shape index (κ3) is 4.90. The van der Waals surface area contributed by atoms with Crippen molar-refractivity contribution in [3.05, 3.63) is 58.3 Å². The lowest BCUT2D eigenvalue weighted by Gasteiger charge is -2.14. The molecule has 0 bridgehead atoms. The number of amides is 1. The van der Waals surface area contributed by atoms with Gasteiger partial charge in [-0.3, -0.25) is 19.5 Å². The van der Waals surface area contributed by atoms with Gasteiger partial charge in [-0.25, -0.2) is 9.78 Å². The number of hydrogen-bond donors (Lipinski definition) is 2. The highest BCUT2D eigenvalue weighted by atomic mass is 16.5. The van der Waals surface area contributed by atoms with Crippen LogP contribution in [0.1, 0.15) is 31.2 Å². The van der Waals surface area contributed by atoms with Crippen LogP contribution < -0.4 is 10.9 Å². The van der Waals surface area contributed by atoms with Crippen LogP contribution in [-0.4, -0.2) is 26.7 Å². The van der Waals surface area contributed by atoms with Crippen LogP contribution >= 0.6 is 0 Å². The number of nitrogens with zero attached hydrogens (tertiary/aromatic N) is 2. The van der Waals surface area contributed by atoms with Crippen LogP contribution in [0.4, 0.5) is 10.5 Å². The SMILES string of the molecule is CC(C)c1ncc(NC(=O)OCc2ccccc2)c(=O)n1CC(=O)O. The summed E-state index contributed by atoms with van der Waals surface area (Å²) in [5, 5.41) is 11.3. The molecule has 0 fully saturated rings. The van der Waals surface area contributed by atoms with E-state index in [1.807, 2.05) is 18.2 Å². The van der Waals surface area contributed by atoms with Crippen LogP contribution in [0, 0.1) is 0 Å². The average Bonchev–Trinajstić information content (AvgIpc) is 2.57. The summed E-state index contributed by atoms with van der Waals surface area (Å²) in [5.74, 6) is -0.990. The van der Waals surface area contributed by atoms with Gasteiger partial charge in [-0.05, 0) is 5.56 Å². The van der Waals surface area contributed by atoms with Gasteiger partial charge in [0.2, 0.25) is 0 Å². The minimum absolute atomic E-state index is 0.0491. The van der Waals surface area contributed by atoms with Crippen molar-refractivity contribution >= 4 is 17.7 Å². The zero-order chi connectivity index (χ0) is 18.4. The molecule has 2 N–H and O–H groups in total. The van der Waals surface area contributed by atoms with E-state index >= 15 is 0 Å². The van der Waals surface area contributed by atoms with E-state index < -0.39 is 24.2 Å². The Morgan fingerprint density at radius 1 is 1.28 bits per heavy atom. The van der Waals surface area contributed by atoms with E-state index in [1.54, 1.807) is 26.0 Å². The summed E-state index contributed by atoms with van der Waals surface area (Å²) >= 11 is 0. The van der Waals surface area contributed by atoms with E-state index in [0.717, 1.165) is 10.1 Å². The maximum atomic E-state index is 12.4. The number of rotatable bonds is 6. The molecule has 8 nitrogen and oxygen atoms in total. The zero-order valence-electron chi connectivity index (χ0n) is 13.9. The molecule has 0 atom stereocenters. The predicted molar refractivity (Wildman–Crippen MR) is 90.5 cm³/mol. The Hall–Kier alpha value is -3.16. The first-order chi connectivity index (χ1) is 11.9. The molecule has 2 aromatic rings. The van der Waals surface area contributed by atoms with E-state index in [-0.39, 0.29) is 18.2 Å². The summed E-state index contributed by atoms with van der Waals surface area (Å²) in [5.41, 5.74) is 0.0238. The fourth-order valence-electron chi connectivity index (χ4n) is 2.21. The number of anilines is 1. The number of ether oxygens (including phenoxy) is 1. The Kier molecular flexibility index (Phi) is 5.89. The Bertz CT molecular complexity index is 815. The summed E-state index contributed by atoms with van der Waals surface area (Å²) in [6.45, 7) is 3.10. The lowest BCUT2D eigenvalue weighted by atomic mass is 10.2. The number of aliphatic carboxylic acids is 1. The minimum atomic E-state index is -1.17. The van der Waals surface area contributed by atoms with Gasteiger partial charge in [-0.2, -0.15) is 0 Å². The summed E-state index contributed by atoms with van der Waals surface area (Å²) in [6.07, 6.45) is 0.390. The lowest BCUT2D eigenvalue weighted by molar-refractivity contribution is -0.137. The molecule has 0 unspecified atom stereocenters. The van der Waals surface area contributed by atoms with Gasteiger partial charge in [0.15, 0.2) is 0 Å². The van der Waals surface area contributed by atoms with Gasteiger partial charge in [0.05, 0.1) is 6.20 Å². The lowest BCUT2D eigenvalue weighted by Crippen LogP contribution is -2.32. The maximum Gasteiger partial charge on any atom is 0.412 e. The fraction of sp³-hybridized carbons (Fsp3) is 0.294. The number of carbonyl (C=O) groups excluding carboxylic acids is 1. The highest BCUT2D eigenvalue weighted by Crippen LogP contribution is 2.11. The minimum Gasteiger partial charge on any atom is -0.480 e. The van der Waals surface area contributed by atoms with Crippen LogP contribution in [0.3, 0.4) is 0 Å². The van der Waals surface area contributed by atoms with Crippen molar-refractivity contribution < 1.29 is 19.4 Å². The van der Waals surface area contributed by atoms with E-state index in [0.29, 0.717) is 5.82 Å². The number of aromatic nitrogens is 2. The topological polar surface area (TPSA) is 111 Å². The Morgan fingerprint density at radius 2 is 1.96 bits per heavy atom. The predicted octanol–water partition coefficient (Wildman–Crippen LogP) is 2.20. The molecule has 0 spiro atoms. The average molecular weight is 345 g/mol. The molecule has 0 saturated heterocycles. The molecule has 0 radical (unpaired) electrons. The second-order valence-corrected chi connectivity index (χ2v) is 5.66. The van der Waals surface area contributed by atoms with Crippen molar-refractivity contribution in [3.8, 4) is 0 Å². The summed E-state index contributed by atoms with van der Waals surface area (Å²) in [7, 11) is 0. The molecule has 0 saturated carbocycles. The van der Waals surface area contributed by atoms with Crippen molar-refractivity contribution in [1.29, 1.82) is 0 Å². The van der Waals surface area contributed by atoms with Crippen molar-refractivity contribution in [1.82, 2.24) is 9.55 Å². The monoisotopic (exact) mass is 345 g/mol. The highest BCUT2D eigenvalue weighted by Gasteiger charge is 2.17. The molecule has 0 aliphatic rings. The molecule has 1 aromatic heterocycles. The quantitative estimate of drug-likeness (QED) is 0.830. The third-order valence-electron chi connectivity index (χ3n) is 3.34. The van der Waals surface area contributed by atoms with Gasteiger partial charge < -0.3 is 9.84 Å². The van der Waals surface area contributed by atoms with Crippen molar-refractivity contribution in [3.63, 3.8) is 0 Å². The summed E-state index contributed by atoms with van der Waals surface area (Å²) in [4.78, 5) is 39.4. The highest BCUT2D eigenvalue weighted by molar-refractivity contribution is 5.84. The fourth-order valence-corrected chi connectivity index (χ4v) is 2.21. The number of nitrogens with one attached hydrogen (secondary N) is 1. The van der Waals surface area contributed by atoms with Crippen LogP contribution in [-0.2, 0) is 22.7 Å². The number of carboxylic acids is 1. The zero-order valence-corrected chi connectivity index (χ0v) is 13.9. The van der Waals surface area contributed by atoms with Crippen LogP contribution in [0.2, 0.25) is 0 Å². The van der Waals surface area contributed by atoms with Gasteiger partial charge in [-0.1, -0.05) is 44.2 Å². The Labute approximate surface area is 144 Å². The van der Waals surface area contributed by atoms with Gasteiger partial charge in [0, 0.05) is 5.92 Å². The second-order valence-electron chi connectivity index (χ2n) is 5.66. The summed E-state index contributed by atoms with van der Waals surface area (Å²) < 4.78 is 6.07. The van der Waals surface area contributed by atoms with Crippen molar-refractivity contribution in [2.24, 2.45) is 0 Å². The molecular formula is C17H19N3O5. The largest absolute Gasteiger partial charge is 0.480 e. The van der Waals surface area contributed by atoms with E-state index in [4.69, 9.17) is 9.84 Å². The first-order valence-corrected chi connectivity index (χ1v) is 7.67. The Morgan fingerprint density at radius 3 is 2.56 bits per heavy atom. The molecule has 0 aliphatic heterocycles. The van der Waals surface area contributed by atoms with E-state index in [9.17, 15) is 14.4 Å². The van der Waals surface area contributed by atoms with Crippen LogP contribution in [0.15, 0.2) is 41.3 Å². The molecular weight excluding hydrogens is 326 g/mol. The summed E-state index contributed by atoms with van der Waals surface area (Å²) in [6, 6.07) is 9.07. The molecule has 8 heteroatoms. The first kappa shape index (κ1) is 18.2. The van der Waals surface area contributed by atoms with Gasteiger partial charge >= 0.3 is 12.1 Å². The third-order valence-corrected chi connectivity index (χ3v) is 3.34. The molecule has 132 valence electrons. The van der Waals surface area contributed by atoms with E-state index in [2.05, 4.69) is 10.3 Å². The number of hydrogen-bond acceptors (Lipinski definition) is 5. The standard InChI is InChI=1S/C17H19N3O5/c1-11(2)15-18-8-13(16(23)20(15)9-14(21)22)19-17(24)25-10-12-6-4-3-5-7-12/h3-8,11H,9-10H2,1-2H3,(H,19,24)(H,21,22). The molecule has 1 amide bonds. The Balaban J connectivity index is 2.14. The molecule has 2 rings (SSSR count). The molecule has 1 aromatic carbocycles. The smallest absolute Gasteiger partial charge is 0.412 e. The molecule has 25 heavy (non-hydrogen) atoms. The molecule has 0 aliphatic carbocycles. The number of benzene rings is 1. The first-order valence-electron chi connectivity index (χ1n) is 7.67. The van der Waals surface area contributed by atoms with E-state index in [1.165, 1.54) is 6.20 Å². The molecule has 1 heterocycles. The number of carbonyl (C=O) groups is 2. The van der Waals surface area contributed by atoms with Crippen LogP contribution in [0.25, 0.3) is 0 Å².